The molecule has 2 amide bonds. The molecule has 2 N–H and O–H groups in total. The zero-order valence-electron chi connectivity index (χ0n) is 16.3. The molecule has 1 unspecified atom stereocenters. The maximum absolute atomic E-state index is 12.3. The molecular weight excluding hydrogens is 384 g/mol. The van der Waals surface area contributed by atoms with E-state index in [4.69, 9.17) is 13.6 Å². The van der Waals surface area contributed by atoms with Gasteiger partial charge in [-0.2, -0.15) is 0 Å². The first kappa shape index (κ1) is 19.3. The zero-order chi connectivity index (χ0) is 20.9. The van der Waals surface area contributed by atoms with Crippen LogP contribution < -0.4 is 15.4 Å². The second-order valence-electron chi connectivity index (χ2n) is 6.72. The number of ether oxygens (including phenoxy) is 1. The highest BCUT2D eigenvalue weighted by Crippen LogP contribution is 2.23. The molecule has 2 aromatic carbocycles. The number of para-hydroxylation sites is 1. The van der Waals surface area contributed by atoms with Gasteiger partial charge in [-0.05, 0) is 43.3 Å². The van der Waals surface area contributed by atoms with Gasteiger partial charge in [0.05, 0.1) is 12.3 Å². The number of anilines is 1. The van der Waals surface area contributed by atoms with E-state index >= 15 is 0 Å². The fraction of sp³-hybridized carbons (Fsp3) is 0.130. The Kier molecular flexibility index (Phi) is 5.52. The van der Waals surface area contributed by atoms with Crippen molar-refractivity contribution < 1.29 is 23.2 Å². The van der Waals surface area contributed by atoms with Crippen molar-refractivity contribution in [2.45, 2.75) is 13.0 Å². The summed E-state index contributed by atoms with van der Waals surface area (Å²) < 4.78 is 16.4. The van der Waals surface area contributed by atoms with Crippen LogP contribution in [0.4, 0.5) is 5.69 Å². The number of hydrogen-bond acceptors (Lipinski definition) is 5. The summed E-state index contributed by atoms with van der Waals surface area (Å²) in [5.74, 6) is 0.689. The maximum atomic E-state index is 12.3. The first-order chi connectivity index (χ1) is 14.6. The molecule has 0 fully saturated rings. The predicted molar refractivity (Wildman–Crippen MR) is 111 cm³/mol. The average molecular weight is 404 g/mol. The van der Waals surface area contributed by atoms with Crippen molar-refractivity contribution in [2.24, 2.45) is 0 Å². The van der Waals surface area contributed by atoms with Crippen molar-refractivity contribution in [2.75, 3.05) is 11.9 Å². The van der Waals surface area contributed by atoms with Gasteiger partial charge in [0, 0.05) is 17.1 Å². The molecule has 152 valence electrons. The van der Waals surface area contributed by atoms with Gasteiger partial charge in [-0.25, -0.2) is 0 Å². The van der Waals surface area contributed by atoms with Gasteiger partial charge < -0.3 is 24.2 Å². The lowest BCUT2D eigenvalue weighted by Crippen LogP contribution is -2.31. The second kappa shape index (κ2) is 8.57. The van der Waals surface area contributed by atoms with Crippen LogP contribution in [0.15, 0.2) is 81.8 Å². The highest BCUT2D eigenvalue weighted by molar-refractivity contribution is 6.02. The Labute approximate surface area is 172 Å². The molecule has 30 heavy (non-hydrogen) atoms. The fourth-order valence-corrected chi connectivity index (χ4v) is 2.98. The molecule has 0 saturated carbocycles. The number of furan rings is 2. The lowest BCUT2D eigenvalue weighted by atomic mass is 10.2. The summed E-state index contributed by atoms with van der Waals surface area (Å²) in [5, 5.41) is 6.55. The minimum atomic E-state index is -0.366. The largest absolute Gasteiger partial charge is 0.484 e. The molecule has 7 heteroatoms. The average Bonchev–Trinajstić information content (AvgIpc) is 3.42. The molecule has 0 saturated heterocycles. The normalized spacial score (nSPS) is 11.8. The molecule has 0 aliphatic heterocycles. The van der Waals surface area contributed by atoms with Crippen molar-refractivity contribution in [1.82, 2.24) is 5.32 Å². The standard InChI is InChI=1S/C23H20N2O5/c1-15(21-12-16-6-2-3-9-19(16)30-21)24-22(26)14-29-18-8-4-7-17(13-18)25-23(27)20-10-5-11-28-20/h2-13,15H,14H2,1H3,(H,24,26)(H,25,27). The van der Waals surface area contributed by atoms with Crippen LogP contribution in [0.3, 0.4) is 0 Å². The van der Waals surface area contributed by atoms with Crippen LogP contribution in [0.2, 0.25) is 0 Å². The molecule has 1 atom stereocenters. The highest BCUT2D eigenvalue weighted by Gasteiger charge is 2.15. The Morgan fingerprint density at radius 1 is 1.03 bits per heavy atom. The van der Waals surface area contributed by atoms with Gasteiger partial charge in [0.2, 0.25) is 0 Å². The number of carbonyl (C=O) groups excluding carboxylic acids is 2. The van der Waals surface area contributed by atoms with E-state index in [9.17, 15) is 9.59 Å². The molecule has 0 radical (unpaired) electrons. The summed E-state index contributed by atoms with van der Waals surface area (Å²) in [7, 11) is 0. The maximum Gasteiger partial charge on any atom is 0.291 e. The van der Waals surface area contributed by atoms with Crippen molar-refractivity contribution in [1.29, 1.82) is 0 Å². The summed E-state index contributed by atoms with van der Waals surface area (Å²) in [4.78, 5) is 24.3. The number of rotatable bonds is 7. The summed E-state index contributed by atoms with van der Waals surface area (Å²) >= 11 is 0. The highest BCUT2D eigenvalue weighted by atomic mass is 16.5. The van der Waals surface area contributed by atoms with E-state index in [1.54, 1.807) is 36.4 Å². The third kappa shape index (κ3) is 4.52. The van der Waals surface area contributed by atoms with Gasteiger partial charge in [-0.3, -0.25) is 9.59 Å². The Morgan fingerprint density at radius 3 is 2.70 bits per heavy atom. The van der Waals surface area contributed by atoms with Crippen LogP contribution in [0.1, 0.15) is 29.3 Å². The third-order valence-electron chi connectivity index (χ3n) is 4.46. The number of benzene rings is 2. The molecule has 0 spiro atoms. The van der Waals surface area contributed by atoms with Crippen LogP contribution in [0.5, 0.6) is 5.75 Å². The van der Waals surface area contributed by atoms with E-state index in [2.05, 4.69) is 10.6 Å². The SMILES string of the molecule is CC(NC(=O)COc1cccc(NC(=O)c2ccco2)c1)c1cc2ccccc2o1. The smallest absolute Gasteiger partial charge is 0.291 e. The van der Waals surface area contributed by atoms with Crippen molar-refractivity contribution in [3.05, 3.63) is 84.5 Å². The minimum absolute atomic E-state index is 0.167. The number of hydrogen-bond donors (Lipinski definition) is 2. The Hall–Kier alpha value is -4.00. The molecule has 0 aliphatic carbocycles. The van der Waals surface area contributed by atoms with Gasteiger partial charge >= 0.3 is 0 Å². The number of nitrogens with one attached hydrogen (secondary N) is 2. The zero-order valence-corrected chi connectivity index (χ0v) is 16.3. The fourth-order valence-electron chi connectivity index (χ4n) is 2.98. The van der Waals surface area contributed by atoms with Gasteiger partial charge in [0.25, 0.3) is 11.8 Å². The van der Waals surface area contributed by atoms with Crippen LogP contribution >= 0.6 is 0 Å². The van der Waals surface area contributed by atoms with Gasteiger partial charge in [-0.15, -0.1) is 0 Å². The van der Waals surface area contributed by atoms with E-state index in [0.717, 1.165) is 11.0 Å². The Bertz CT molecular complexity index is 1130. The Balaban J connectivity index is 1.31. The van der Waals surface area contributed by atoms with Crippen molar-refractivity contribution in [3.63, 3.8) is 0 Å². The van der Waals surface area contributed by atoms with Gasteiger partial charge in [-0.1, -0.05) is 24.3 Å². The quantitative estimate of drug-likeness (QED) is 0.472. The molecule has 4 rings (SSSR count). The first-order valence-electron chi connectivity index (χ1n) is 9.44. The summed E-state index contributed by atoms with van der Waals surface area (Å²) in [6.45, 7) is 1.68. The third-order valence-corrected chi connectivity index (χ3v) is 4.46. The molecule has 0 bridgehead atoms. The van der Waals surface area contributed by atoms with E-state index < -0.39 is 0 Å². The molecule has 2 aromatic heterocycles. The van der Waals surface area contributed by atoms with Gasteiger partial charge in [0.1, 0.15) is 17.1 Å². The first-order valence-corrected chi connectivity index (χ1v) is 9.44. The summed E-state index contributed by atoms with van der Waals surface area (Å²) in [6.07, 6.45) is 1.43. The number of fused-ring (bicyclic) bond motifs is 1. The molecular formula is C23H20N2O5. The van der Waals surface area contributed by atoms with E-state index in [1.165, 1.54) is 6.26 Å². The summed E-state index contributed by atoms with van der Waals surface area (Å²) in [5.41, 5.74) is 1.31. The molecule has 2 heterocycles. The predicted octanol–water partition coefficient (Wildman–Crippen LogP) is 4.53. The lowest BCUT2D eigenvalue weighted by Gasteiger charge is -2.12. The van der Waals surface area contributed by atoms with Crippen LogP contribution in [0.25, 0.3) is 11.0 Å². The number of carbonyl (C=O) groups is 2. The van der Waals surface area contributed by atoms with Gasteiger partial charge in [0.15, 0.2) is 12.4 Å². The summed E-state index contributed by atoms with van der Waals surface area (Å²) in [6, 6.07) is 19.3. The van der Waals surface area contributed by atoms with Crippen LogP contribution in [-0.4, -0.2) is 18.4 Å². The lowest BCUT2D eigenvalue weighted by molar-refractivity contribution is -0.123. The van der Waals surface area contributed by atoms with E-state index in [0.29, 0.717) is 17.2 Å². The minimum Gasteiger partial charge on any atom is -0.484 e. The number of amides is 2. The van der Waals surface area contributed by atoms with Crippen LogP contribution in [0, 0.1) is 0 Å². The van der Waals surface area contributed by atoms with Crippen molar-refractivity contribution >= 4 is 28.5 Å². The molecule has 0 aliphatic rings. The molecule has 7 nitrogen and oxygen atoms in total. The van der Waals surface area contributed by atoms with Crippen molar-refractivity contribution in [3.8, 4) is 5.75 Å². The van der Waals surface area contributed by atoms with E-state index in [1.807, 2.05) is 37.3 Å². The molecule has 4 aromatic rings. The topological polar surface area (TPSA) is 93.7 Å². The monoisotopic (exact) mass is 404 g/mol. The van der Waals surface area contributed by atoms with Crippen LogP contribution in [-0.2, 0) is 4.79 Å². The Morgan fingerprint density at radius 2 is 1.90 bits per heavy atom. The van der Waals surface area contributed by atoms with E-state index in [-0.39, 0.29) is 30.2 Å². The second-order valence-corrected chi connectivity index (χ2v) is 6.72.